The number of hydrogen-bond acceptors (Lipinski definition) is 5. The summed E-state index contributed by atoms with van der Waals surface area (Å²) in [5, 5.41) is -0.00681. The molecule has 0 unspecified atom stereocenters. The lowest BCUT2D eigenvalue weighted by molar-refractivity contribution is -0.125. The lowest BCUT2D eigenvalue weighted by atomic mass is 10.2. The minimum atomic E-state index is -3.81. The number of hydrogen-bond donors (Lipinski definition) is 2. The van der Waals surface area contributed by atoms with Gasteiger partial charge in [0.2, 0.25) is 10.0 Å². The summed E-state index contributed by atoms with van der Waals surface area (Å²) in [6, 6.07) is 3.62. The van der Waals surface area contributed by atoms with Crippen LogP contribution >= 0.6 is 11.6 Å². The molecule has 0 spiro atoms. The van der Waals surface area contributed by atoms with Crippen LogP contribution in [0.5, 0.6) is 0 Å². The standard InChI is InChI=1S/C13H15ClN2O5S/c1-7(12(15)17)21-13(18)8-2-5-10(14)11(6-8)22(19,20)16-9-3-4-9/h2,5-7,9,16H,3-4H2,1H3,(H2,15,17)/t7-/m0/s1. The van der Waals surface area contributed by atoms with Crippen molar-refractivity contribution in [3.8, 4) is 0 Å². The third kappa shape index (κ3) is 3.96. The Labute approximate surface area is 132 Å². The number of nitrogens with two attached hydrogens (primary N) is 1. The minimum Gasteiger partial charge on any atom is -0.449 e. The Balaban J connectivity index is 2.26. The highest BCUT2D eigenvalue weighted by molar-refractivity contribution is 7.89. The van der Waals surface area contributed by atoms with Gasteiger partial charge >= 0.3 is 5.97 Å². The van der Waals surface area contributed by atoms with Gasteiger partial charge < -0.3 is 10.5 Å². The van der Waals surface area contributed by atoms with E-state index in [1.807, 2.05) is 0 Å². The predicted octanol–water partition coefficient (Wildman–Crippen LogP) is 0.811. The summed E-state index contributed by atoms with van der Waals surface area (Å²) in [4.78, 5) is 22.6. The van der Waals surface area contributed by atoms with Gasteiger partial charge in [-0.15, -0.1) is 0 Å². The third-order valence-electron chi connectivity index (χ3n) is 3.04. The SMILES string of the molecule is C[C@H](OC(=O)c1ccc(Cl)c(S(=O)(=O)NC2CC2)c1)C(N)=O. The topological polar surface area (TPSA) is 116 Å². The summed E-state index contributed by atoms with van der Waals surface area (Å²) in [5.74, 6) is -1.66. The number of primary amides is 1. The van der Waals surface area contributed by atoms with Crippen molar-refractivity contribution in [3.63, 3.8) is 0 Å². The molecule has 2 rings (SSSR count). The van der Waals surface area contributed by atoms with E-state index in [4.69, 9.17) is 22.1 Å². The molecule has 22 heavy (non-hydrogen) atoms. The number of benzene rings is 1. The van der Waals surface area contributed by atoms with Gasteiger partial charge in [-0.1, -0.05) is 11.6 Å². The number of sulfonamides is 1. The van der Waals surface area contributed by atoms with Gasteiger partial charge in [-0.3, -0.25) is 4.79 Å². The van der Waals surface area contributed by atoms with Crippen LogP contribution in [0.4, 0.5) is 0 Å². The lowest BCUT2D eigenvalue weighted by Crippen LogP contribution is -2.30. The molecule has 1 fully saturated rings. The first kappa shape index (κ1) is 16.7. The van der Waals surface area contributed by atoms with Crippen molar-refractivity contribution < 1.29 is 22.7 Å². The maximum absolute atomic E-state index is 12.2. The molecule has 1 aromatic rings. The van der Waals surface area contributed by atoms with Gasteiger partial charge in [0.1, 0.15) is 4.90 Å². The first-order valence-corrected chi connectivity index (χ1v) is 8.39. The fourth-order valence-corrected chi connectivity index (χ4v) is 3.44. The van der Waals surface area contributed by atoms with E-state index < -0.39 is 28.0 Å². The largest absolute Gasteiger partial charge is 0.449 e. The van der Waals surface area contributed by atoms with Gasteiger partial charge in [-0.05, 0) is 38.0 Å². The summed E-state index contributed by atoms with van der Waals surface area (Å²) in [6.07, 6.45) is 0.427. The predicted molar refractivity (Wildman–Crippen MR) is 78.9 cm³/mol. The molecule has 120 valence electrons. The van der Waals surface area contributed by atoms with Crippen molar-refractivity contribution in [2.45, 2.75) is 36.8 Å². The quantitative estimate of drug-likeness (QED) is 0.739. The van der Waals surface area contributed by atoms with Crippen LogP contribution < -0.4 is 10.5 Å². The zero-order chi connectivity index (χ0) is 16.5. The Kier molecular flexibility index (Phi) is 4.74. The Morgan fingerprint density at radius 1 is 1.41 bits per heavy atom. The van der Waals surface area contributed by atoms with Crippen LogP contribution in [0.1, 0.15) is 30.1 Å². The summed E-state index contributed by atoms with van der Waals surface area (Å²) >= 11 is 5.90. The van der Waals surface area contributed by atoms with Gasteiger partial charge in [-0.25, -0.2) is 17.9 Å². The minimum absolute atomic E-state index is 0.00681. The molecule has 9 heteroatoms. The molecule has 0 bridgehead atoms. The van der Waals surface area contributed by atoms with Gasteiger partial charge in [0.25, 0.3) is 5.91 Å². The molecule has 7 nitrogen and oxygen atoms in total. The highest BCUT2D eigenvalue weighted by Crippen LogP contribution is 2.27. The number of nitrogens with one attached hydrogen (secondary N) is 1. The molecule has 1 amide bonds. The second kappa shape index (κ2) is 6.23. The van der Waals surface area contributed by atoms with Crippen LogP contribution in [0.3, 0.4) is 0 Å². The molecule has 1 aliphatic rings. The van der Waals surface area contributed by atoms with Crippen LogP contribution in [0, 0.1) is 0 Å². The smallest absolute Gasteiger partial charge is 0.338 e. The Bertz CT molecular complexity index is 715. The lowest BCUT2D eigenvalue weighted by Gasteiger charge is -2.12. The van der Waals surface area contributed by atoms with E-state index in [2.05, 4.69) is 4.72 Å². The summed E-state index contributed by atoms with van der Waals surface area (Å²) < 4.78 is 31.7. The normalized spacial score (nSPS) is 16.1. The maximum atomic E-state index is 12.2. The van der Waals surface area contributed by atoms with E-state index in [9.17, 15) is 18.0 Å². The van der Waals surface area contributed by atoms with Crippen LogP contribution in [0.15, 0.2) is 23.1 Å². The zero-order valence-electron chi connectivity index (χ0n) is 11.7. The Hall–Kier alpha value is -1.64. The Morgan fingerprint density at radius 2 is 2.05 bits per heavy atom. The molecule has 0 radical (unpaired) electrons. The molecule has 1 aromatic carbocycles. The average Bonchev–Trinajstić information content (AvgIpc) is 3.21. The van der Waals surface area contributed by atoms with Gasteiger partial charge in [0, 0.05) is 6.04 Å². The molecule has 0 aromatic heterocycles. The Morgan fingerprint density at radius 3 is 2.59 bits per heavy atom. The summed E-state index contributed by atoms with van der Waals surface area (Å²) in [6.45, 7) is 1.32. The van der Waals surface area contributed by atoms with E-state index in [1.165, 1.54) is 19.1 Å². The monoisotopic (exact) mass is 346 g/mol. The van der Waals surface area contributed by atoms with Crippen molar-refractivity contribution in [3.05, 3.63) is 28.8 Å². The van der Waals surface area contributed by atoms with Gasteiger partial charge in [0.15, 0.2) is 6.10 Å². The van der Waals surface area contributed by atoms with Crippen LogP contribution in [0.2, 0.25) is 5.02 Å². The number of ether oxygens (including phenoxy) is 1. The number of rotatable bonds is 6. The third-order valence-corrected chi connectivity index (χ3v) is 5.04. The van der Waals surface area contributed by atoms with Crippen LogP contribution in [0.25, 0.3) is 0 Å². The molecular formula is C13H15ClN2O5S. The van der Waals surface area contributed by atoms with Crippen molar-refractivity contribution in [2.75, 3.05) is 0 Å². The molecule has 1 atom stereocenters. The second-order valence-electron chi connectivity index (χ2n) is 4.99. The van der Waals surface area contributed by atoms with Crippen molar-refractivity contribution in [1.82, 2.24) is 4.72 Å². The van der Waals surface area contributed by atoms with Crippen molar-refractivity contribution in [1.29, 1.82) is 0 Å². The second-order valence-corrected chi connectivity index (χ2v) is 7.08. The van der Waals surface area contributed by atoms with E-state index in [-0.39, 0.29) is 21.5 Å². The van der Waals surface area contributed by atoms with E-state index in [1.54, 1.807) is 0 Å². The van der Waals surface area contributed by atoms with Gasteiger partial charge in [0.05, 0.1) is 10.6 Å². The molecule has 0 aliphatic heterocycles. The first-order chi connectivity index (χ1) is 10.2. The number of carbonyl (C=O) groups excluding carboxylic acids is 2. The number of esters is 1. The van der Waals surface area contributed by atoms with Crippen LogP contribution in [-0.4, -0.2) is 32.4 Å². The first-order valence-electron chi connectivity index (χ1n) is 6.53. The number of halogens is 1. The average molecular weight is 347 g/mol. The summed E-state index contributed by atoms with van der Waals surface area (Å²) in [7, 11) is -3.81. The number of carbonyl (C=O) groups is 2. The van der Waals surface area contributed by atoms with Crippen molar-refractivity contribution >= 4 is 33.5 Å². The summed E-state index contributed by atoms with van der Waals surface area (Å²) in [5.41, 5.74) is 4.97. The van der Waals surface area contributed by atoms with E-state index in [0.717, 1.165) is 18.9 Å². The fourth-order valence-electron chi connectivity index (χ4n) is 1.61. The molecular weight excluding hydrogens is 332 g/mol. The molecule has 3 N–H and O–H groups in total. The highest BCUT2D eigenvalue weighted by Gasteiger charge is 2.30. The van der Waals surface area contributed by atoms with E-state index >= 15 is 0 Å². The molecule has 0 saturated heterocycles. The molecule has 0 heterocycles. The number of amides is 1. The highest BCUT2D eigenvalue weighted by atomic mass is 35.5. The zero-order valence-corrected chi connectivity index (χ0v) is 13.3. The van der Waals surface area contributed by atoms with Gasteiger partial charge in [-0.2, -0.15) is 0 Å². The fraction of sp³-hybridized carbons (Fsp3) is 0.385. The van der Waals surface area contributed by atoms with Crippen LogP contribution in [-0.2, 0) is 19.6 Å². The molecule has 1 saturated carbocycles. The maximum Gasteiger partial charge on any atom is 0.338 e. The molecule has 1 aliphatic carbocycles. The van der Waals surface area contributed by atoms with Crippen molar-refractivity contribution in [2.24, 2.45) is 5.73 Å². The van der Waals surface area contributed by atoms with E-state index in [0.29, 0.717) is 0 Å².